The van der Waals surface area contributed by atoms with Crippen LogP contribution in [0.3, 0.4) is 0 Å². The molecule has 18 heavy (non-hydrogen) atoms. The molecule has 1 atom stereocenters. The van der Waals surface area contributed by atoms with Crippen molar-refractivity contribution in [2.24, 2.45) is 0 Å². The predicted molar refractivity (Wildman–Crippen MR) is 73.1 cm³/mol. The number of benzene rings is 1. The van der Waals surface area contributed by atoms with Gasteiger partial charge in [-0.25, -0.2) is 4.39 Å². The summed E-state index contributed by atoms with van der Waals surface area (Å²) in [6, 6.07) is 6.01. The molecule has 2 rings (SSSR count). The van der Waals surface area contributed by atoms with Crippen molar-refractivity contribution in [2.75, 3.05) is 20.1 Å². The van der Waals surface area contributed by atoms with Crippen LogP contribution in [0.25, 0.3) is 0 Å². The molecule has 0 spiro atoms. The van der Waals surface area contributed by atoms with Gasteiger partial charge in [0.15, 0.2) is 0 Å². The first-order valence-corrected chi connectivity index (χ1v) is 6.82. The highest BCUT2D eigenvalue weighted by Gasteiger charge is 2.14. The van der Waals surface area contributed by atoms with E-state index in [-0.39, 0.29) is 5.82 Å². The van der Waals surface area contributed by atoms with Crippen molar-refractivity contribution in [3.05, 3.63) is 35.1 Å². The minimum absolute atomic E-state index is 0.115. The van der Waals surface area contributed by atoms with Gasteiger partial charge in [0.2, 0.25) is 0 Å². The number of rotatable bonds is 4. The molecule has 1 aliphatic rings. The number of halogens is 1. The lowest BCUT2D eigenvalue weighted by atomic mass is 10.0. The third-order valence-corrected chi connectivity index (χ3v) is 3.62. The van der Waals surface area contributed by atoms with Gasteiger partial charge in [0.25, 0.3) is 0 Å². The Labute approximate surface area is 109 Å². The lowest BCUT2D eigenvalue weighted by Crippen LogP contribution is -2.42. The highest BCUT2D eigenvalue weighted by atomic mass is 19.1. The van der Waals surface area contributed by atoms with E-state index in [0.29, 0.717) is 6.04 Å². The highest BCUT2D eigenvalue weighted by molar-refractivity contribution is 5.23. The van der Waals surface area contributed by atoms with Crippen LogP contribution in [0.5, 0.6) is 0 Å². The van der Waals surface area contributed by atoms with Crippen LogP contribution in [0.1, 0.15) is 30.4 Å². The number of nitrogens with one attached hydrogen (secondary N) is 1. The van der Waals surface area contributed by atoms with E-state index in [9.17, 15) is 4.39 Å². The van der Waals surface area contributed by atoms with Crippen LogP contribution in [-0.2, 0) is 6.54 Å². The Morgan fingerprint density at radius 2 is 2.22 bits per heavy atom. The second-order valence-electron chi connectivity index (χ2n) is 5.43. The number of hydrogen-bond donors (Lipinski definition) is 1. The summed E-state index contributed by atoms with van der Waals surface area (Å²) in [5.41, 5.74) is 1.92. The van der Waals surface area contributed by atoms with E-state index in [0.717, 1.165) is 25.2 Å². The van der Waals surface area contributed by atoms with Crippen molar-refractivity contribution in [3.63, 3.8) is 0 Å². The zero-order valence-corrected chi connectivity index (χ0v) is 11.4. The van der Waals surface area contributed by atoms with E-state index in [4.69, 9.17) is 0 Å². The van der Waals surface area contributed by atoms with Crippen molar-refractivity contribution in [2.45, 2.75) is 38.8 Å². The number of hydrogen-bond acceptors (Lipinski definition) is 2. The summed E-state index contributed by atoms with van der Waals surface area (Å²) in [5.74, 6) is -0.115. The predicted octanol–water partition coefficient (Wildman–Crippen LogP) is 2.71. The Bertz CT molecular complexity index is 386. The summed E-state index contributed by atoms with van der Waals surface area (Å²) in [5, 5.41) is 3.55. The Morgan fingerprint density at radius 3 is 2.89 bits per heavy atom. The SMILES string of the molecule is Cc1cc(CN(C)CC2CCCCN2)ccc1F. The molecule has 1 saturated heterocycles. The minimum atomic E-state index is -0.115. The topological polar surface area (TPSA) is 15.3 Å². The summed E-state index contributed by atoms with van der Waals surface area (Å²) < 4.78 is 13.2. The van der Waals surface area contributed by atoms with Crippen LogP contribution in [0.2, 0.25) is 0 Å². The summed E-state index contributed by atoms with van der Waals surface area (Å²) in [6.45, 7) is 4.92. The van der Waals surface area contributed by atoms with Crippen LogP contribution in [0.15, 0.2) is 18.2 Å². The summed E-state index contributed by atoms with van der Waals surface area (Å²) in [7, 11) is 2.13. The quantitative estimate of drug-likeness (QED) is 0.884. The Balaban J connectivity index is 1.85. The largest absolute Gasteiger partial charge is 0.313 e. The molecule has 0 radical (unpaired) electrons. The van der Waals surface area contributed by atoms with Gasteiger partial charge in [-0.2, -0.15) is 0 Å². The van der Waals surface area contributed by atoms with Gasteiger partial charge in [0.1, 0.15) is 5.82 Å². The standard InChI is InChI=1S/C15H23FN2/c1-12-9-13(6-7-15(12)16)10-18(2)11-14-5-3-4-8-17-14/h6-7,9,14,17H,3-5,8,10-11H2,1-2H3. The Kier molecular flexibility index (Phi) is 4.72. The zero-order chi connectivity index (χ0) is 13.0. The first-order chi connectivity index (χ1) is 8.65. The second-order valence-corrected chi connectivity index (χ2v) is 5.43. The van der Waals surface area contributed by atoms with Gasteiger partial charge in [-0.05, 0) is 50.6 Å². The van der Waals surface area contributed by atoms with Crippen molar-refractivity contribution in [3.8, 4) is 0 Å². The molecule has 0 amide bonds. The Morgan fingerprint density at radius 1 is 1.39 bits per heavy atom. The lowest BCUT2D eigenvalue weighted by Gasteiger charge is -2.28. The lowest BCUT2D eigenvalue weighted by molar-refractivity contribution is 0.256. The Hall–Kier alpha value is -0.930. The second kappa shape index (κ2) is 6.30. The molecule has 1 N–H and O–H groups in total. The fourth-order valence-corrected chi connectivity index (χ4v) is 2.64. The van der Waals surface area contributed by atoms with Gasteiger partial charge < -0.3 is 10.2 Å². The molecule has 0 aromatic heterocycles. The fraction of sp³-hybridized carbons (Fsp3) is 0.600. The molecule has 0 aliphatic carbocycles. The molecular weight excluding hydrogens is 227 g/mol. The minimum Gasteiger partial charge on any atom is -0.313 e. The van der Waals surface area contributed by atoms with Crippen LogP contribution in [0.4, 0.5) is 4.39 Å². The molecule has 100 valence electrons. The van der Waals surface area contributed by atoms with Crippen LogP contribution in [-0.4, -0.2) is 31.1 Å². The monoisotopic (exact) mass is 250 g/mol. The van der Waals surface area contributed by atoms with Crippen molar-refractivity contribution in [1.29, 1.82) is 0 Å². The van der Waals surface area contributed by atoms with Crippen LogP contribution in [0, 0.1) is 12.7 Å². The smallest absolute Gasteiger partial charge is 0.126 e. The van der Waals surface area contributed by atoms with Gasteiger partial charge in [0.05, 0.1) is 0 Å². The van der Waals surface area contributed by atoms with Gasteiger partial charge in [0, 0.05) is 19.1 Å². The van der Waals surface area contributed by atoms with Crippen LogP contribution >= 0.6 is 0 Å². The average molecular weight is 250 g/mol. The number of likely N-dealkylation sites (N-methyl/N-ethyl adjacent to an activating group) is 1. The maximum Gasteiger partial charge on any atom is 0.126 e. The summed E-state index contributed by atoms with van der Waals surface area (Å²) in [4.78, 5) is 2.32. The molecule has 1 aromatic carbocycles. The summed E-state index contributed by atoms with van der Waals surface area (Å²) in [6.07, 6.45) is 3.91. The molecule has 3 heteroatoms. The van der Waals surface area contributed by atoms with E-state index >= 15 is 0 Å². The van der Waals surface area contributed by atoms with E-state index < -0.39 is 0 Å². The molecule has 1 unspecified atom stereocenters. The van der Waals surface area contributed by atoms with Gasteiger partial charge in [-0.15, -0.1) is 0 Å². The molecule has 1 fully saturated rings. The van der Waals surface area contributed by atoms with E-state index in [1.807, 2.05) is 19.1 Å². The first kappa shape index (κ1) is 13.5. The fourth-order valence-electron chi connectivity index (χ4n) is 2.64. The molecule has 1 heterocycles. The van der Waals surface area contributed by atoms with E-state index in [2.05, 4.69) is 17.3 Å². The van der Waals surface area contributed by atoms with Gasteiger partial charge in [-0.1, -0.05) is 18.6 Å². The molecule has 0 bridgehead atoms. The van der Waals surface area contributed by atoms with E-state index in [1.54, 1.807) is 6.07 Å². The van der Waals surface area contributed by atoms with Crippen molar-refractivity contribution < 1.29 is 4.39 Å². The summed E-state index contributed by atoms with van der Waals surface area (Å²) >= 11 is 0. The first-order valence-electron chi connectivity index (χ1n) is 6.82. The van der Waals surface area contributed by atoms with E-state index in [1.165, 1.54) is 24.8 Å². The zero-order valence-electron chi connectivity index (χ0n) is 11.4. The molecule has 2 nitrogen and oxygen atoms in total. The molecule has 1 aromatic rings. The van der Waals surface area contributed by atoms with Gasteiger partial charge in [-0.3, -0.25) is 0 Å². The normalized spacial score (nSPS) is 20.3. The highest BCUT2D eigenvalue weighted by Crippen LogP contribution is 2.13. The third kappa shape index (κ3) is 3.79. The number of nitrogens with zero attached hydrogens (tertiary/aromatic N) is 1. The molecule has 0 saturated carbocycles. The molecule has 1 aliphatic heterocycles. The maximum atomic E-state index is 13.2. The number of piperidine rings is 1. The van der Waals surface area contributed by atoms with Crippen molar-refractivity contribution >= 4 is 0 Å². The third-order valence-electron chi connectivity index (χ3n) is 3.62. The van der Waals surface area contributed by atoms with Crippen molar-refractivity contribution in [1.82, 2.24) is 10.2 Å². The van der Waals surface area contributed by atoms with Crippen LogP contribution < -0.4 is 5.32 Å². The average Bonchev–Trinajstić information content (AvgIpc) is 2.35. The maximum absolute atomic E-state index is 13.2. The van der Waals surface area contributed by atoms with Gasteiger partial charge >= 0.3 is 0 Å². The number of aryl methyl sites for hydroxylation is 1. The molecular formula is C15H23FN2.